The van der Waals surface area contributed by atoms with E-state index >= 15 is 0 Å². The average Bonchev–Trinajstić information content (AvgIpc) is 2.94. The number of nitrogens with zero attached hydrogens (tertiary/aromatic N) is 1. The van der Waals surface area contributed by atoms with E-state index in [1.54, 1.807) is 12.1 Å². The molecule has 2 aromatic rings. The van der Waals surface area contributed by atoms with E-state index in [-0.39, 0.29) is 18.0 Å². The molecule has 2 amide bonds. The highest BCUT2D eigenvalue weighted by Crippen LogP contribution is 2.36. The summed E-state index contributed by atoms with van der Waals surface area (Å²) >= 11 is 0. The SMILES string of the molecule is CNC(=O)[C@]1(CC(=O)O)CC(=O)OB([C@@H](CC(=O)[C@@H](NC(=O)c2cccc(-c3ccccc3)n2)[C@@H](C)O)CC(C)C)O1. The van der Waals surface area contributed by atoms with Crippen LogP contribution >= 0.6 is 0 Å². The van der Waals surface area contributed by atoms with Crippen molar-refractivity contribution >= 4 is 36.7 Å². The summed E-state index contributed by atoms with van der Waals surface area (Å²) in [6.07, 6.45) is -2.70. The second-order valence-electron chi connectivity index (χ2n) is 10.8. The number of pyridine rings is 1. The zero-order valence-electron chi connectivity index (χ0n) is 24.0. The van der Waals surface area contributed by atoms with Crippen LogP contribution in [0.1, 0.15) is 56.9 Å². The average molecular weight is 581 g/mol. The van der Waals surface area contributed by atoms with E-state index in [9.17, 15) is 34.2 Å². The van der Waals surface area contributed by atoms with Crippen LogP contribution in [0.2, 0.25) is 5.82 Å². The number of carboxylic acid groups (broad SMARTS) is 1. The topological polar surface area (TPSA) is 181 Å². The number of hydrogen-bond acceptors (Lipinski definition) is 9. The van der Waals surface area contributed by atoms with E-state index in [1.165, 1.54) is 20.0 Å². The number of nitrogens with one attached hydrogen (secondary N) is 2. The van der Waals surface area contributed by atoms with Gasteiger partial charge in [-0.15, -0.1) is 0 Å². The minimum Gasteiger partial charge on any atom is -0.509 e. The molecular formula is C29H36BN3O9. The normalized spacial score (nSPS) is 18.9. The molecule has 42 heavy (non-hydrogen) atoms. The number of benzene rings is 1. The van der Waals surface area contributed by atoms with Crippen molar-refractivity contribution in [1.82, 2.24) is 15.6 Å². The molecule has 224 valence electrons. The summed E-state index contributed by atoms with van der Waals surface area (Å²) in [5.41, 5.74) is -0.629. The molecule has 1 saturated heterocycles. The number of aliphatic hydroxyl groups excluding tert-OH is 1. The Bertz CT molecular complexity index is 1300. The van der Waals surface area contributed by atoms with Crippen molar-refractivity contribution in [3.63, 3.8) is 0 Å². The van der Waals surface area contributed by atoms with Crippen LogP contribution in [-0.4, -0.2) is 76.6 Å². The molecule has 2 heterocycles. The molecule has 0 saturated carbocycles. The van der Waals surface area contributed by atoms with Crippen LogP contribution in [0, 0.1) is 5.92 Å². The van der Waals surface area contributed by atoms with Gasteiger partial charge in [0.1, 0.15) is 11.7 Å². The van der Waals surface area contributed by atoms with Crippen molar-refractivity contribution in [3.05, 3.63) is 54.2 Å². The van der Waals surface area contributed by atoms with Crippen LogP contribution in [0.15, 0.2) is 48.5 Å². The summed E-state index contributed by atoms with van der Waals surface area (Å²) in [5, 5.41) is 24.8. The van der Waals surface area contributed by atoms with E-state index < -0.39 is 73.1 Å². The van der Waals surface area contributed by atoms with Gasteiger partial charge in [0, 0.05) is 24.8 Å². The van der Waals surface area contributed by atoms with E-state index in [1.807, 2.05) is 44.2 Å². The number of Topliss-reactive ketones (excluding diaryl/α,β-unsaturated/α-hetero) is 1. The number of amides is 2. The van der Waals surface area contributed by atoms with Gasteiger partial charge < -0.3 is 30.2 Å². The molecule has 1 aromatic carbocycles. The fraction of sp³-hybridized carbons (Fsp3) is 0.448. The van der Waals surface area contributed by atoms with Gasteiger partial charge in [-0.3, -0.25) is 24.0 Å². The van der Waals surface area contributed by atoms with Crippen LogP contribution in [0.25, 0.3) is 11.3 Å². The van der Waals surface area contributed by atoms with Gasteiger partial charge in [0.2, 0.25) is 0 Å². The standard InChI is InChI=1S/C29H36BN3O9/c1-17(2)13-20(30-41-25(38)16-29(42-30,15-24(36)37)28(40)31-4)14-23(35)26(18(3)34)33-27(39)22-12-8-11-21(32-22)19-9-6-5-7-10-19/h5-12,17-18,20,26,34H,13-16H2,1-4H3,(H,31,40)(H,33,39)(H,36,37)/t18-,20-,26+,29+/m1/s1. The van der Waals surface area contributed by atoms with Gasteiger partial charge in [-0.25, -0.2) is 4.98 Å². The predicted octanol–water partition coefficient (Wildman–Crippen LogP) is 2.01. The third-order valence-corrected chi connectivity index (χ3v) is 6.89. The van der Waals surface area contributed by atoms with E-state index in [0.717, 1.165) is 5.56 Å². The largest absolute Gasteiger partial charge is 0.531 e. The zero-order chi connectivity index (χ0) is 31.0. The molecule has 1 aromatic heterocycles. The van der Waals surface area contributed by atoms with E-state index in [4.69, 9.17) is 9.31 Å². The van der Waals surface area contributed by atoms with Crippen LogP contribution in [0.3, 0.4) is 0 Å². The maximum absolute atomic E-state index is 13.5. The third-order valence-electron chi connectivity index (χ3n) is 6.89. The first-order valence-corrected chi connectivity index (χ1v) is 13.7. The number of carboxylic acids is 1. The number of aromatic nitrogens is 1. The first-order valence-electron chi connectivity index (χ1n) is 13.7. The third kappa shape index (κ3) is 8.23. The van der Waals surface area contributed by atoms with Gasteiger partial charge in [0.05, 0.1) is 24.6 Å². The highest BCUT2D eigenvalue weighted by atomic mass is 16.6. The lowest BCUT2D eigenvalue weighted by Gasteiger charge is -2.39. The monoisotopic (exact) mass is 581 g/mol. The maximum Gasteiger partial charge on any atom is 0.531 e. The molecule has 0 radical (unpaired) electrons. The number of carbonyl (C=O) groups is 5. The molecule has 1 aliphatic heterocycles. The van der Waals surface area contributed by atoms with Crippen LogP contribution < -0.4 is 10.6 Å². The number of rotatable bonds is 13. The van der Waals surface area contributed by atoms with Crippen molar-refractivity contribution < 1.29 is 43.5 Å². The minimum absolute atomic E-state index is 0.0228. The van der Waals surface area contributed by atoms with Gasteiger partial charge in [0.15, 0.2) is 11.4 Å². The molecule has 0 unspecified atom stereocenters. The predicted molar refractivity (Wildman–Crippen MR) is 152 cm³/mol. The van der Waals surface area contributed by atoms with Crippen molar-refractivity contribution in [2.75, 3.05) is 7.05 Å². The Labute approximate surface area is 244 Å². The van der Waals surface area contributed by atoms with Gasteiger partial charge >= 0.3 is 13.1 Å². The number of likely N-dealkylation sites (N-methyl/N-ethyl adjacent to an activating group) is 1. The van der Waals surface area contributed by atoms with E-state index in [2.05, 4.69) is 15.6 Å². The summed E-state index contributed by atoms with van der Waals surface area (Å²) in [6.45, 7) is 5.09. The van der Waals surface area contributed by atoms with Crippen molar-refractivity contribution in [3.8, 4) is 11.3 Å². The highest BCUT2D eigenvalue weighted by Gasteiger charge is 2.54. The van der Waals surface area contributed by atoms with Gasteiger partial charge in [-0.2, -0.15) is 0 Å². The molecular weight excluding hydrogens is 545 g/mol. The molecule has 0 bridgehead atoms. The smallest absolute Gasteiger partial charge is 0.509 e. The van der Waals surface area contributed by atoms with Crippen molar-refractivity contribution in [2.24, 2.45) is 5.92 Å². The molecule has 0 aliphatic carbocycles. The molecule has 1 aliphatic rings. The molecule has 13 heteroatoms. The minimum atomic E-state index is -2.02. The second kappa shape index (κ2) is 14.2. The first-order chi connectivity index (χ1) is 19.8. The number of aliphatic hydroxyl groups is 1. The second-order valence-corrected chi connectivity index (χ2v) is 10.8. The molecule has 3 rings (SSSR count). The summed E-state index contributed by atoms with van der Waals surface area (Å²) in [5.74, 6) is -5.08. The lowest BCUT2D eigenvalue weighted by Crippen LogP contribution is -2.59. The van der Waals surface area contributed by atoms with E-state index in [0.29, 0.717) is 12.1 Å². The quantitative estimate of drug-likeness (QED) is 0.256. The summed E-state index contributed by atoms with van der Waals surface area (Å²) in [4.78, 5) is 67.9. The molecule has 4 atom stereocenters. The fourth-order valence-electron chi connectivity index (χ4n) is 4.97. The zero-order valence-corrected chi connectivity index (χ0v) is 24.0. The lowest BCUT2D eigenvalue weighted by atomic mass is 9.63. The van der Waals surface area contributed by atoms with Gasteiger partial charge in [0.25, 0.3) is 17.8 Å². The van der Waals surface area contributed by atoms with Crippen LogP contribution in [0.5, 0.6) is 0 Å². The number of hydrogen-bond donors (Lipinski definition) is 4. The molecule has 12 nitrogen and oxygen atoms in total. The highest BCUT2D eigenvalue weighted by molar-refractivity contribution is 6.50. The Hall–Kier alpha value is -4.10. The number of ketones is 1. The summed E-state index contributed by atoms with van der Waals surface area (Å²) < 4.78 is 11.3. The Balaban J connectivity index is 1.83. The molecule has 0 spiro atoms. The Morgan fingerprint density at radius 1 is 1.07 bits per heavy atom. The van der Waals surface area contributed by atoms with Crippen LogP contribution in [-0.2, 0) is 28.5 Å². The first kappa shape index (κ1) is 32.4. The Morgan fingerprint density at radius 3 is 2.36 bits per heavy atom. The maximum atomic E-state index is 13.5. The van der Waals surface area contributed by atoms with Crippen LogP contribution in [0.4, 0.5) is 0 Å². The van der Waals surface area contributed by atoms with Crippen molar-refractivity contribution in [1.29, 1.82) is 0 Å². The molecule has 1 fully saturated rings. The Morgan fingerprint density at radius 2 is 1.76 bits per heavy atom. The van der Waals surface area contributed by atoms with Crippen molar-refractivity contribution in [2.45, 2.75) is 70.0 Å². The summed E-state index contributed by atoms with van der Waals surface area (Å²) in [6, 6.07) is 12.8. The fourth-order valence-corrected chi connectivity index (χ4v) is 4.97. The lowest BCUT2D eigenvalue weighted by molar-refractivity contribution is -0.164. The Kier molecular flexibility index (Phi) is 11.0. The van der Waals surface area contributed by atoms with Gasteiger partial charge in [-0.05, 0) is 31.4 Å². The number of carbonyl (C=O) groups excluding carboxylic acids is 4. The molecule has 4 N–H and O–H groups in total. The summed E-state index contributed by atoms with van der Waals surface area (Å²) in [7, 11) is -0.122. The van der Waals surface area contributed by atoms with Gasteiger partial charge in [-0.1, -0.05) is 50.2 Å². The number of aliphatic carboxylic acids is 1.